The van der Waals surface area contributed by atoms with Gasteiger partial charge in [0.1, 0.15) is 22.8 Å². The van der Waals surface area contributed by atoms with Crippen LogP contribution in [0.2, 0.25) is 0 Å². The zero-order valence-electron chi connectivity index (χ0n) is 14.0. The highest BCUT2D eigenvalue weighted by Gasteiger charge is 2.23. The summed E-state index contributed by atoms with van der Waals surface area (Å²) < 4.78 is 42.4. The Kier molecular flexibility index (Phi) is 4.60. The second-order valence-electron chi connectivity index (χ2n) is 5.70. The zero-order valence-corrected chi connectivity index (χ0v) is 14.8. The third kappa shape index (κ3) is 3.50. The van der Waals surface area contributed by atoms with Gasteiger partial charge in [-0.2, -0.15) is 0 Å². The minimum Gasteiger partial charge on any atom is -0.360 e. The van der Waals surface area contributed by atoms with E-state index in [9.17, 15) is 17.6 Å². The van der Waals surface area contributed by atoms with Crippen molar-refractivity contribution in [1.29, 1.82) is 0 Å². The zero-order chi connectivity index (χ0) is 18.9. The van der Waals surface area contributed by atoms with Gasteiger partial charge in [-0.15, -0.1) is 0 Å². The summed E-state index contributed by atoms with van der Waals surface area (Å²) in [6, 6.07) is 12.1. The van der Waals surface area contributed by atoms with E-state index in [2.05, 4.69) is 10.5 Å². The fourth-order valence-electron chi connectivity index (χ4n) is 2.45. The average Bonchev–Trinajstić information content (AvgIpc) is 2.98. The maximum absolute atomic E-state index is 14.0. The Bertz CT molecular complexity index is 1080. The smallest absolute Gasteiger partial charge is 0.261 e. The number of hydrogen-bond donors (Lipinski definition) is 1. The van der Waals surface area contributed by atoms with E-state index in [0.29, 0.717) is 11.3 Å². The molecule has 1 aromatic heterocycles. The first-order valence-electron chi connectivity index (χ1n) is 7.60. The summed E-state index contributed by atoms with van der Waals surface area (Å²) in [6.45, 7) is 1.57. The van der Waals surface area contributed by atoms with E-state index in [1.165, 1.54) is 0 Å². The van der Waals surface area contributed by atoms with E-state index in [0.717, 1.165) is 24.5 Å². The molecule has 26 heavy (non-hydrogen) atoms. The third-order valence-corrected chi connectivity index (χ3v) is 4.86. The summed E-state index contributed by atoms with van der Waals surface area (Å²) in [5, 5.41) is 6.30. The Morgan fingerprint density at radius 2 is 1.85 bits per heavy atom. The number of hydrogen-bond acceptors (Lipinski definition) is 5. The Balaban J connectivity index is 1.99. The minimum absolute atomic E-state index is 0.0977. The summed E-state index contributed by atoms with van der Waals surface area (Å²) in [5.41, 5.74) is 0.901. The highest BCUT2D eigenvalue weighted by atomic mass is 32.2. The Morgan fingerprint density at radius 1 is 1.15 bits per heavy atom. The molecule has 0 bridgehead atoms. The molecule has 134 valence electrons. The monoisotopic (exact) mass is 374 g/mol. The molecule has 0 atom stereocenters. The molecule has 0 saturated heterocycles. The number of sulfone groups is 1. The second-order valence-corrected chi connectivity index (χ2v) is 7.71. The van der Waals surface area contributed by atoms with Crippen molar-refractivity contribution in [2.45, 2.75) is 11.8 Å². The standard InChI is InChI=1S/C18H15FN2O4S/c1-11-16(17(21-25-11)12-6-4-3-5-7-12)18(22)20-15-10-13(26(2,23)24)8-9-14(15)19/h3-10H,1-2H3,(H,20,22). The molecular formula is C18H15FN2O4S. The van der Waals surface area contributed by atoms with Crippen molar-refractivity contribution in [2.24, 2.45) is 0 Å². The van der Waals surface area contributed by atoms with Crippen LogP contribution in [0.4, 0.5) is 10.1 Å². The summed E-state index contributed by atoms with van der Waals surface area (Å²) in [4.78, 5) is 12.6. The van der Waals surface area contributed by atoms with Gasteiger partial charge < -0.3 is 9.84 Å². The lowest BCUT2D eigenvalue weighted by Gasteiger charge is -2.08. The average molecular weight is 374 g/mol. The molecular weight excluding hydrogens is 359 g/mol. The van der Waals surface area contributed by atoms with Crippen LogP contribution < -0.4 is 5.32 Å². The van der Waals surface area contributed by atoms with E-state index in [1.807, 2.05) is 6.07 Å². The third-order valence-electron chi connectivity index (χ3n) is 3.75. The molecule has 8 heteroatoms. The molecule has 0 aliphatic heterocycles. The first-order chi connectivity index (χ1) is 12.3. The van der Waals surface area contributed by atoms with Gasteiger partial charge in [0.05, 0.1) is 10.6 Å². The van der Waals surface area contributed by atoms with Crippen molar-refractivity contribution in [3.8, 4) is 11.3 Å². The van der Waals surface area contributed by atoms with Crippen LogP contribution in [0.1, 0.15) is 16.1 Å². The van der Waals surface area contributed by atoms with Gasteiger partial charge in [-0.3, -0.25) is 4.79 Å². The predicted octanol–water partition coefficient (Wildman–Crippen LogP) is 3.44. The molecule has 3 rings (SSSR count). The number of benzene rings is 2. The summed E-state index contributed by atoms with van der Waals surface area (Å²) in [7, 11) is -3.54. The SMILES string of the molecule is Cc1onc(-c2ccccc2)c1C(=O)Nc1cc(S(C)(=O)=O)ccc1F. The summed E-state index contributed by atoms with van der Waals surface area (Å²) in [5.74, 6) is -1.13. The van der Waals surface area contributed by atoms with Gasteiger partial charge in [0.2, 0.25) is 0 Å². The minimum atomic E-state index is -3.54. The lowest BCUT2D eigenvalue weighted by atomic mass is 10.1. The molecule has 0 spiro atoms. The first-order valence-corrected chi connectivity index (χ1v) is 9.49. The number of aryl methyl sites for hydroxylation is 1. The maximum Gasteiger partial charge on any atom is 0.261 e. The van der Waals surface area contributed by atoms with Gasteiger partial charge in [-0.25, -0.2) is 12.8 Å². The van der Waals surface area contributed by atoms with Crippen LogP contribution in [0.3, 0.4) is 0 Å². The van der Waals surface area contributed by atoms with Gasteiger partial charge >= 0.3 is 0 Å². The molecule has 0 saturated carbocycles. The van der Waals surface area contributed by atoms with E-state index >= 15 is 0 Å². The van der Waals surface area contributed by atoms with Gasteiger partial charge in [0, 0.05) is 11.8 Å². The van der Waals surface area contributed by atoms with Gasteiger partial charge in [-0.05, 0) is 25.1 Å². The lowest BCUT2D eigenvalue weighted by molar-refractivity contribution is 0.102. The molecule has 0 fully saturated rings. The normalized spacial score (nSPS) is 11.3. The van der Waals surface area contributed by atoms with Crippen LogP contribution >= 0.6 is 0 Å². The Hall–Kier alpha value is -3.00. The largest absolute Gasteiger partial charge is 0.360 e. The number of nitrogens with zero attached hydrogens (tertiary/aromatic N) is 1. The fraction of sp³-hybridized carbons (Fsp3) is 0.111. The van der Waals surface area contributed by atoms with Crippen LogP contribution in [-0.2, 0) is 9.84 Å². The van der Waals surface area contributed by atoms with Crippen molar-refractivity contribution in [1.82, 2.24) is 5.16 Å². The lowest BCUT2D eigenvalue weighted by Crippen LogP contribution is -2.15. The van der Waals surface area contributed by atoms with E-state index in [1.54, 1.807) is 31.2 Å². The van der Waals surface area contributed by atoms with Crippen molar-refractivity contribution < 1.29 is 22.1 Å². The van der Waals surface area contributed by atoms with E-state index in [-0.39, 0.29) is 21.9 Å². The van der Waals surface area contributed by atoms with Crippen molar-refractivity contribution >= 4 is 21.4 Å². The number of aromatic nitrogens is 1. The second kappa shape index (κ2) is 6.72. The molecule has 0 aliphatic carbocycles. The number of amides is 1. The molecule has 0 radical (unpaired) electrons. The highest BCUT2D eigenvalue weighted by Crippen LogP contribution is 2.27. The molecule has 0 aliphatic rings. The Labute approximate surface area is 149 Å². The van der Waals surface area contributed by atoms with Crippen molar-refractivity contribution in [3.63, 3.8) is 0 Å². The number of nitrogens with one attached hydrogen (secondary N) is 1. The number of rotatable bonds is 4. The van der Waals surface area contributed by atoms with Crippen LogP contribution in [0, 0.1) is 12.7 Å². The molecule has 2 aromatic carbocycles. The van der Waals surface area contributed by atoms with Crippen LogP contribution in [0.5, 0.6) is 0 Å². The molecule has 3 aromatic rings. The molecule has 6 nitrogen and oxygen atoms in total. The molecule has 1 amide bonds. The fourth-order valence-corrected chi connectivity index (χ4v) is 3.10. The number of carbonyl (C=O) groups is 1. The maximum atomic E-state index is 14.0. The van der Waals surface area contributed by atoms with Gasteiger partial charge in [0.15, 0.2) is 9.84 Å². The topological polar surface area (TPSA) is 89.3 Å². The van der Waals surface area contributed by atoms with Gasteiger partial charge in [0.25, 0.3) is 5.91 Å². The van der Waals surface area contributed by atoms with Crippen LogP contribution in [0.25, 0.3) is 11.3 Å². The number of anilines is 1. The number of halogens is 1. The summed E-state index contributed by atoms with van der Waals surface area (Å²) in [6.07, 6.45) is 1.00. The van der Waals surface area contributed by atoms with Crippen LogP contribution in [-0.4, -0.2) is 25.7 Å². The van der Waals surface area contributed by atoms with E-state index < -0.39 is 21.6 Å². The molecule has 1 N–H and O–H groups in total. The van der Waals surface area contributed by atoms with Crippen molar-refractivity contribution in [3.05, 3.63) is 65.7 Å². The quantitative estimate of drug-likeness (QED) is 0.707. The van der Waals surface area contributed by atoms with Gasteiger partial charge in [-0.1, -0.05) is 35.5 Å². The first kappa shape index (κ1) is 17.8. The van der Waals surface area contributed by atoms with Crippen LogP contribution in [0.15, 0.2) is 57.9 Å². The highest BCUT2D eigenvalue weighted by molar-refractivity contribution is 7.90. The number of carbonyl (C=O) groups excluding carboxylic acids is 1. The Morgan fingerprint density at radius 3 is 2.50 bits per heavy atom. The molecule has 1 heterocycles. The summed E-state index contributed by atoms with van der Waals surface area (Å²) >= 11 is 0. The van der Waals surface area contributed by atoms with Crippen molar-refractivity contribution in [2.75, 3.05) is 11.6 Å². The van der Waals surface area contributed by atoms with E-state index in [4.69, 9.17) is 4.52 Å². The molecule has 0 unspecified atom stereocenters. The predicted molar refractivity (Wildman–Crippen MR) is 94.1 cm³/mol.